The maximum absolute atomic E-state index is 13.6. The Morgan fingerprint density at radius 3 is 2.49 bits per heavy atom. The Kier molecular flexibility index (Phi) is 6.35. The number of fused-ring (bicyclic) bond motifs is 1. The normalized spacial score (nSPS) is 18.6. The van der Waals surface area contributed by atoms with Crippen molar-refractivity contribution in [2.75, 3.05) is 10.2 Å². The van der Waals surface area contributed by atoms with E-state index in [1.165, 1.54) is 11.8 Å². The van der Waals surface area contributed by atoms with Crippen molar-refractivity contribution in [1.82, 2.24) is 0 Å². The molecule has 0 saturated carbocycles. The summed E-state index contributed by atoms with van der Waals surface area (Å²) >= 11 is 10.8. The smallest absolute Gasteiger partial charge is 0.276 e. The highest BCUT2D eigenvalue weighted by Gasteiger charge is 2.37. The van der Waals surface area contributed by atoms with E-state index in [1.54, 1.807) is 23.1 Å². The molecule has 0 spiro atoms. The first-order chi connectivity index (χ1) is 16.8. The average molecular weight is 566 g/mol. The van der Waals surface area contributed by atoms with Crippen LogP contribution >= 0.6 is 39.3 Å². The van der Waals surface area contributed by atoms with Gasteiger partial charge in [0.1, 0.15) is 0 Å². The van der Waals surface area contributed by atoms with Gasteiger partial charge in [-0.3, -0.25) is 14.5 Å². The zero-order valence-electron chi connectivity index (χ0n) is 18.7. The summed E-state index contributed by atoms with van der Waals surface area (Å²) in [6.45, 7) is 3.89. The van der Waals surface area contributed by atoms with E-state index in [1.807, 2.05) is 62.4 Å². The summed E-state index contributed by atoms with van der Waals surface area (Å²) in [5.41, 5.74) is 4.83. The first-order valence-electron chi connectivity index (χ1n) is 10.6. The number of carbonyl (C=O) groups is 2. The molecule has 2 aliphatic rings. The standard InChI is InChI=1S/C26H18BrClN4O2S/c1-14-5-3-6-15(2)23(14)32-25(34)21(12-16-7-4-8-17(27)11-16)35-26(32)31-30-22-19-13-18(28)9-10-20(19)29-24(22)33/h3-13H,1-2H3,(H,29,30,33). The Bertz CT molecular complexity index is 1480. The highest BCUT2D eigenvalue weighted by molar-refractivity contribution is 9.10. The molecule has 5 rings (SSSR count). The predicted octanol–water partition coefficient (Wildman–Crippen LogP) is 6.55. The monoisotopic (exact) mass is 564 g/mol. The van der Waals surface area contributed by atoms with Crippen molar-refractivity contribution in [3.63, 3.8) is 0 Å². The molecule has 2 aliphatic heterocycles. The number of carbonyl (C=O) groups excluding carboxylic acids is 2. The molecule has 1 N–H and O–H groups in total. The van der Waals surface area contributed by atoms with Gasteiger partial charge in [0, 0.05) is 15.1 Å². The molecule has 0 radical (unpaired) electrons. The number of rotatable bonds is 3. The highest BCUT2D eigenvalue weighted by Crippen LogP contribution is 2.39. The van der Waals surface area contributed by atoms with Crippen LogP contribution in [0.4, 0.5) is 11.4 Å². The Labute approximate surface area is 219 Å². The van der Waals surface area contributed by atoms with Crippen LogP contribution in [0.5, 0.6) is 0 Å². The minimum Gasteiger partial charge on any atom is -0.320 e. The van der Waals surface area contributed by atoms with E-state index in [9.17, 15) is 9.59 Å². The summed E-state index contributed by atoms with van der Waals surface area (Å²) < 4.78 is 0.916. The molecule has 1 saturated heterocycles. The van der Waals surface area contributed by atoms with Crippen LogP contribution in [-0.4, -0.2) is 22.7 Å². The number of amides is 2. The number of halogens is 2. The van der Waals surface area contributed by atoms with Gasteiger partial charge in [-0.2, -0.15) is 0 Å². The van der Waals surface area contributed by atoms with E-state index in [0.29, 0.717) is 26.3 Å². The highest BCUT2D eigenvalue weighted by atomic mass is 79.9. The summed E-state index contributed by atoms with van der Waals surface area (Å²) in [5, 5.41) is 12.3. The lowest BCUT2D eigenvalue weighted by atomic mass is 10.1. The van der Waals surface area contributed by atoms with Crippen LogP contribution in [0.15, 0.2) is 80.2 Å². The van der Waals surface area contributed by atoms with Crippen molar-refractivity contribution < 1.29 is 9.59 Å². The van der Waals surface area contributed by atoms with E-state index >= 15 is 0 Å². The summed E-state index contributed by atoms with van der Waals surface area (Å²) in [4.78, 5) is 28.2. The minimum atomic E-state index is -0.371. The minimum absolute atomic E-state index is 0.147. The number of hydrogen-bond acceptors (Lipinski definition) is 5. The second-order valence-corrected chi connectivity index (χ2v) is 10.4. The quantitative estimate of drug-likeness (QED) is 0.289. The zero-order chi connectivity index (χ0) is 24.7. The van der Waals surface area contributed by atoms with E-state index in [-0.39, 0.29) is 17.5 Å². The molecule has 9 heteroatoms. The van der Waals surface area contributed by atoms with Crippen LogP contribution in [0.1, 0.15) is 22.3 Å². The summed E-state index contributed by atoms with van der Waals surface area (Å²) in [7, 11) is 0. The predicted molar refractivity (Wildman–Crippen MR) is 147 cm³/mol. The molecule has 0 unspecified atom stereocenters. The number of aryl methyl sites for hydroxylation is 2. The van der Waals surface area contributed by atoms with Crippen LogP contribution in [0.3, 0.4) is 0 Å². The summed E-state index contributed by atoms with van der Waals surface area (Å²) in [5.74, 6) is -0.574. The Hall–Kier alpha value is -3.20. The van der Waals surface area contributed by atoms with Gasteiger partial charge in [-0.15, -0.1) is 10.2 Å². The maximum atomic E-state index is 13.6. The topological polar surface area (TPSA) is 74.1 Å². The van der Waals surface area contributed by atoms with Crippen molar-refractivity contribution >= 4 is 79.4 Å². The van der Waals surface area contributed by atoms with Crippen molar-refractivity contribution in [1.29, 1.82) is 0 Å². The number of anilines is 2. The van der Waals surface area contributed by atoms with E-state index in [2.05, 4.69) is 31.4 Å². The van der Waals surface area contributed by atoms with Crippen LogP contribution in [0, 0.1) is 13.8 Å². The number of benzene rings is 3. The van der Waals surface area contributed by atoms with Gasteiger partial charge in [-0.25, -0.2) is 0 Å². The van der Waals surface area contributed by atoms with Gasteiger partial charge in [-0.1, -0.05) is 57.9 Å². The molecule has 3 aromatic rings. The first-order valence-corrected chi connectivity index (χ1v) is 12.6. The number of nitrogens with one attached hydrogen (secondary N) is 1. The fraction of sp³-hybridized carbons (Fsp3) is 0.0769. The summed E-state index contributed by atoms with van der Waals surface area (Å²) in [6.07, 6.45) is 1.82. The van der Waals surface area contributed by atoms with E-state index < -0.39 is 0 Å². The lowest BCUT2D eigenvalue weighted by Gasteiger charge is -2.19. The largest absolute Gasteiger partial charge is 0.320 e. The van der Waals surface area contributed by atoms with Crippen molar-refractivity contribution in [2.24, 2.45) is 10.2 Å². The van der Waals surface area contributed by atoms with E-state index in [4.69, 9.17) is 11.6 Å². The second-order valence-electron chi connectivity index (χ2n) is 8.02. The Morgan fingerprint density at radius 1 is 1.00 bits per heavy atom. The molecule has 35 heavy (non-hydrogen) atoms. The molecule has 1 fully saturated rings. The number of amidine groups is 1. The van der Waals surface area contributed by atoms with Crippen molar-refractivity contribution in [2.45, 2.75) is 13.8 Å². The fourth-order valence-corrected chi connectivity index (χ4v) is 5.47. The molecule has 174 valence electrons. The molecule has 3 aromatic carbocycles. The lowest BCUT2D eigenvalue weighted by Crippen LogP contribution is -2.30. The van der Waals surface area contributed by atoms with Crippen LogP contribution in [0.2, 0.25) is 5.02 Å². The van der Waals surface area contributed by atoms with Crippen LogP contribution in [0.25, 0.3) is 6.08 Å². The molecule has 0 aromatic heterocycles. The first kappa shape index (κ1) is 23.5. The molecule has 6 nitrogen and oxygen atoms in total. The van der Waals surface area contributed by atoms with Gasteiger partial charge in [0.05, 0.1) is 16.3 Å². The van der Waals surface area contributed by atoms with Crippen LogP contribution < -0.4 is 10.2 Å². The number of para-hydroxylation sites is 1. The molecular formula is C26H18BrClN4O2S. The van der Waals surface area contributed by atoms with Gasteiger partial charge in [-0.05, 0) is 78.7 Å². The Balaban J connectivity index is 1.62. The SMILES string of the molecule is Cc1cccc(C)c1N1C(=O)C(=Cc2cccc(Br)c2)SC1=NN=C1C(=O)Nc2ccc(Cl)cc21. The average Bonchev–Trinajstić information content (AvgIpc) is 3.28. The van der Waals surface area contributed by atoms with Crippen LogP contribution in [-0.2, 0) is 9.59 Å². The lowest BCUT2D eigenvalue weighted by molar-refractivity contribution is -0.113. The molecule has 0 atom stereocenters. The number of hydrogen-bond donors (Lipinski definition) is 1. The Morgan fingerprint density at radius 2 is 1.74 bits per heavy atom. The van der Waals surface area contributed by atoms with Gasteiger partial charge in [0.2, 0.25) is 5.17 Å². The van der Waals surface area contributed by atoms with Crippen molar-refractivity contribution in [3.05, 3.63) is 97.3 Å². The molecule has 2 amide bonds. The zero-order valence-corrected chi connectivity index (χ0v) is 21.8. The fourth-order valence-electron chi connectivity index (χ4n) is 3.96. The third-order valence-corrected chi connectivity index (χ3v) is 7.24. The van der Waals surface area contributed by atoms with Gasteiger partial charge in [0.15, 0.2) is 5.71 Å². The third-order valence-electron chi connectivity index (χ3n) is 5.55. The second kappa shape index (κ2) is 9.45. The van der Waals surface area contributed by atoms with Crippen molar-refractivity contribution in [3.8, 4) is 0 Å². The van der Waals surface area contributed by atoms with Gasteiger partial charge in [0.25, 0.3) is 11.8 Å². The molecule has 2 heterocycles. The van der Waals surface area contributed by atoms with E-state index in [0.717, 1.165) is 26.9 Å². The van der Waals surface area contributed by atoms with Gasteiger partial charge >= 0.3 is 0 Å². The third kappa shape index (κ3) is 4.57. The molecule has 0 bridgehead atoms. The number of thioether (sulfide) groups is 1. The maximum Gasteiger partial charge on any atom is 0.276 e. The number of nitrogens with zero attached hydrogens (tertiary/aromatic N) is 3. The molecular weight excluding hydrogens is 548 g/mol. The summed E-state index contributed by atoms with van der Waals surface area (Å²) in [6, 6.07) is 18.6. The molecule has 0 aliphatic carbocycles. The van der Waals surface area contributed by atoms with Gasteiger partial charge < -0.3 is 5.32 Å².